The van der Waals surface area contributed by atoms with E-state index in [9.17, 15) is 13.5 Å². The van der Waals surface area contributed by atoms with Gasteiger partial charge in [-0.3, -0.25) is 0 Å². The molecule has 0 bridgehead atoms. The first-order valence-electron chi connectivity index (χ1n) is 5.47. The van der Waals surface area contributed by atoms with Crippen molar-refractivity contribution in [1.82, 2.24) is 0 Å². The standard InChI is InChI=1S/C10H18O3S/c11-10(8-4-2-1-3-5-8)9-6-14(12,13)7-9/h8-11H,1-7H2. The lowest BCUT2D eigenvalue weighted by molar-refractivity contribution is 0.0435. The van der Waals surface area contributed by atoms with Crippen LogP contribution in [0.4, 0.5) is 0 Å². The molecule has 2 rings (SSSR count). The molecule has 1 atom stereocenters. The monoisotopic (exact) mass is 218 g/mol. The zero-order chi connectivity index (χ0) is 10.2. The van der Waals surface area contributed by atoms with Crippen LogP contribution >= 0.6 is 0 Å². The Hall–Kier alpha value is -0.0900. The molecule has 1 saturated carbocycles. The Morgan fingerprint density at radius 2 is 1.57 bits per heavy atom. The number of aliphatic hydroxyl groups excluding tert-OH is 1. The summed E-state index contributed by atoms with van der Waals surface area (Å²) in [5.74, 6) is 0.822. The van der Waals surface area contributed by atoms with Crippen LogP contribution in [0, 0.1) is 11.8 Å². The van der Waals surface area contributed by atoms with E-state index in [0.29, 0.717) is 5.92 Å². The van der Waals surface area contributed by atoms with Gasteiger partial charge in [-0.15, -0.1) is 0 Å². The molecule has 0 spiro atoms. The van der Waals surface area contributed by atoms with Crippen molar-refractivity contribution in [3.8, 4) is 0 Å². The predicted octanol–water partition coefficient (Wildman–Crippen LogP) is 0.972. The van der Waals surface area contributed by atoms with Gasteiger partial charge >= 0.3 is 0 Å². The van der Waals surface area contributed by atoms with Crippen LogP contribution in [0.15, 0.2) is 0 Å². The van der Waals surface area contributed by atoms with Crippen LogP contribution in [0.2, 0.25) is 0 Å². The second-order valence-electron chi connectivity index (χ2n) is 4.73. The third-order valence-electron chi connectivity index (χ3n) is 3.55. The summed E-state index contributed by atoms with van der Waals surface area (Å²) in [6.07, 6.45) is 5.46. The zero-order valence-electron chi connectivity index (χ0n) is 8.35. The highest BCUT2D eigenvalue weighted by atomic mass is 32.2. The van der Waals surface area contributed by atoms with Crippen LogP contribution in [-0.4, -0.2) is 31.1 Å². The second-order valence-corrected chi connectivity index (χ2v) is 6.88. The van der Waals surface area contributed by atoms with Crippen LogP contribution in [-0.2, 0) is 9.84 Å². The summed E-state index contributed by atoms with van der Waals surface area (Å²) in [6.45, 7) is 0. The Labute approximate surface area is 85.4 Å². The van der Waals surface area contributed by atoms with E-state index in [1.54, 1.807) is 0 Å². The normalized spacial score (nSPS) is 30.9. The maximum atomic E-state index is 11.0. The number of hydrogen-bond donors (Lipinski definition) is 1. The van der Waals surface area contributed by atoms with Crippen LogP contribution in [0.1, 0.15) is 32.1 Å². The lowest BCUT2D eigenvalue weighted by Gasteiger charge is -2.36. The minimum Gasteiger partial charge on any atom is -0.392 e. The van der Waals surface area contributed by atoms with E-state index in [2.05, 4.69) is 0 Å². The van der Waals surface area contributed by atoms with Gasteiger partial charge in [0.15, 0.2) is 9.84 Å². The maximum absolute atomic E-state index is 11.0. The molecular weight excluding hydrogens is 200 g/mol. The first kappa shape index (κ1) is 10.4. The first-order valence-corrected chi connectivity index (χ1v) is 7.29. The number of hydrogen-bond acceptors (Lipinski definition) is 3. The minimum atomic E-state index is -2.77. The average molecular weight is 218 g/mol. The Balaban J connectivity index is 1.86. The van der Waals surface area contributed by atoms with Gasteiger partial charge in [-0.05, 0) is 18.8 Å². The van der Waals surface area contributed by atoms with Crippen molar-refractivity contribution in [2.24, 2.45) is 11.8 Å². The highest BCUT2D eigenvalue weighted by Gasteiger charge is 2.41. The molecule has 0 aromatic carbocycles. The van der Waals surface area contributed by atoms with Gasteiger partial charge in [-0.2, -0.15) is 0 Å². The highest BCUT2D eigenvalue weighted by molar-refractivity contribution is 7.92. The molecule has 1 saturated heterocycles. The molecule has 0 aromatic rings. The molecule has 2 aliphatic rings. The van der Waals surface area contributed by atoms with E-state index >= 15 is 0 Å². The molecule has 2 fully saturated rings. The third-order valence-corrected chi connectivity index (χ3v) is 5.42. The van der Waals surface area contributed by atoms with E-state index in [1.165, 1.54) is 19.3 Å². The van der Waals surface area contributed by atoms with Gasteiger partial charge in [0.05, 0.1) is 17.6 Å². The van der Waals surface area contributed by atoms with Gasteiger partial charge in [-0.25, -0.2) is 8.42 Å². The fourth-order valence-electron chi connectivity index (χ4n) is 2.66. The second kappa shape index (κ2) is 3.81. The number of sulfone groups is 1. The molecule has 1 heterocycles. The minimum absolute atomic E-state index is 0.0306. The van der Waals surface area contributed by atoms with Gasteiger partial charge in [0.25, 0.3) is 0 Å². The van der Waals surface area contributed by atoms with Crippen molar-refractivity contribution in [2.75, 3.05) is 11.5 Å². The molecule has 14 heavy (non-hydrogen) atoms. The largest absolute Gasteiger partial charge is 0.392 e. The quantitative estimate of drug-likeness (QED) is 0.751. The fourth-order valence-corrected chi connectivity index (χ4v) is 4.26. The summed E-state index contributed by atoms with van der Waals surface area (Å²) in [5.41, 5.74) is 0. The molecular formula is C10H18O3S. The van der Waals surface area contributed by atoms with Gasteiger partial charge in [0.1, 0.15) is 0 Å². The van der Waals surface area contributed by atoms with E-state index in [4.69, 9.17) is 0 Å². The molecule has 0 amide bonds. The summed E-state index contributed by atoms with van der Waals surface area (Å²) < 4.78 is 21.9. The first-order chi connectivity index (χ1) is 6.58. The summed E-state index contributed by atoms with van der Waals surface area (Å²) in [5, 5.41) is 9.96. The van der Waals surface area contributed by atoms with Crippen LogP contribution in [0.25, 0.3) is 0 Å². The van der Waals surface area contributed by atoms with Crippen LogP contribution in [0.3, 0.4) is 0 Å². The summed E-state index contributed by atoms with van der Waals surface area (Å²) in [7, 11) is -2.77. The Morgan fingerprint density at radius 1 is 1.00 bits per heavy atom. The molecule has 0 aromatic heterocycles. The topological polar surface area (TPSA) is 54.4 Å². The average Bonchev–Trinajstić information content (AvgIpc) is 2.14. The van der Waals surface area contributed by atoms with Crippen molar-refractivity contribution in [1.29, 1.82) is 0 Å². The summed E-state index contributed by atoms with van der Waals surface area (Å²) in [4.78, 5) is 0. The maximum Gasteiger partial charge on any atom is 0.151 e. The van der Waals surface area contributed by atoms with Crippen LogP contribution in [0.5, 0.6) is 0 Å². The van der Waals surface area contributed by atoms with Crippen LogP contribution < -0.4 is 0 Å². The molecule has 1 unspecified atom stereocenters. The molecule has 1 N–H and O–H groups in total. The van der Waals surface area contributed by atoms with E-state index in [1.807, 2.05) is 0 Å². The third kappa shape index (κ3) is 2.11. The Morgan fingerprint density at radius 3 is 2.07 bits per heavy atom. The van der Waals surface area contributed by atoms with Gasteiger partial charge < -0.3 is 5.11 Å². The number of rotatable bonds is 2. The van der Waals surface area contributed by atoms with E-state index in [0.717, 1.165) is 12.8 Å². The van der Waals surface area contributed by atoms with Crippen molar-refractivity contribution < 1.29 is 13.5 Å². The van der Waals surface area contributed by atoms with E-state index < -0.39 is 9.84 Å². The zero-order valence-corrected chi connectivity index (χ0v) is 9.17. The van der Waals surface area contributed by atoms with Gasteiger partial charge in [-0.1, -0.05) is 19.3 Å². The molecule has 82 valence electrons. The lowest BCUT2D eigenvalue weighted by atomic mass is 9.81. The molecule has 4 heteroatoms. The Kier molecular flexibility index (Phi) is 2.84. The van der Waals surface area contributed by atoms with Crippen molar-refractivity contribution in [2.45, 2.75) is 38.2 Å². The SMILES string of the molecule is O=S1(=O)CC(C(O)C2CCCCC2)C1. The fraction of sp³-hybridized carbons (Fsp3) is 1.00. The van der Waals surface area contributed by atoms with Gasteiger partial charge in [0, 0.05) is 5.92 Å². The molecule has 1 aliphatic heterocycles. The van der Waals surface area contributed by atoms with Crippen molar-refractivity contribution >= 4 is 9.84 Å². The predicted molar refractivity (Wildman–Crippen MR) is 54.7 cm³/mol. The number of aliphatic hydroxyl groups is 1. The van der Waals surface area contributed by atoms with Gasteiger partial charge in [0.2, 0.25) is 0 Å². The van der Waals surface area contributed by atoms with E-state index in [-0.39, 0.29) is 23.5 Å². The summed E-state index contributed by atoms with van der Waals surface area (Å²) >= 11 is 0. The lowest BCUT2D eigenvalue weighted by Crippen LogP contribution is -2.47. The van der Waals surface area contributed by atoms with Crippen molar-refractivity contribution in [3.05, 3.63) is 0 Å². The van der Waals surface area contributed by atoms with Crippen molar-refractivity contribution in [3.63, 3.8) is 0 Å². The molecule has 3 nitrogen and oxygen atoms in total. The summed E-state index contributed by atoms with van der Waals surface area (Å²) in [6, 6.07) is 0. The smallest absolute Gasteiger partial charge is 0.151 e. The Bertz CT molecular complexity index is 278. The molecule has 0 radical (unpaired) electrons. The molecule has 1 aliphatic carbocycles. The highest BCUT2D eigenvalue weighted by Crippen LogP contribution is 2.33.